The van der Waals surface area contributed by atoms with Crippen molar-refractivity contribution in [2.75, 3.05) is 5.73 Å². The van der Waals surface area contributed by atoms with Gasteiger partial charge in [-0.1, -0.05) is 7.43 Å². The van der Waals surface area contributed by atoms with Gasteiger partial charge >= 0.3 is 12.4 Å². The van der Waals surface area contributed by atoms with Crippen molar-refractivity contribution in [3.63, 3.8) is 0 Å². The maximum Gasteiger partial charge on any atom is 0.451 e. The van der Waals surface area contributed by atoms with Gasteiger partial charge in [-0.25, -0.2) is 19.9 Å². The van der Waals surface area contributed by atoms with E-state index in [4.69, 9.17) is 5.73 Å². The summed E-state index contributed by atoms with van der Waals surface area (Å²) in [7, 11) is 0. The molecule has 3 rings (SSSR count). The summed E-state index contributed by atoms with van der Waals surface area (Å²) < 4.78 is 78.1. The zero-order valence-corrected chi connectivity index (χ0v) is 11.3. The molecule has 0 unspecified atom stereocenters. The standard InChI is InChI=1S/C11H5F6N7.CH4/c12-10(13,14)5-4-6(18)24(9-19-2-1-3-20-9)23-7(4)22-8(21-5)11(15,16)17;/h1-3H,18H2;1H4. The average Bonchev–Trinajstić information content (AvgIpc) is 2.83. The lowest BCUT2D eigenvalue weighted by Crippen LogP contribution is -2.17. The molecule has 0 saturated carbocycles. The number of aromatic nitrogens is 6. The van der Waals surface area contributed by atoms with Gasteiger partial charge in [0.2, 0.25) is 5.82 Å². The van der Waals surface area contributed by atoms with Crippen LogP contribution in [0.2, 0.25) is 0 Å². The van der Waals surface area contributed by atoms with E-state index in [0.29, 0.717) is 4.68 Å². The van der Waals surface area contributed by atoms with Crippen LogP contribution < -0.4 is 5.73 Å². The molecule has 0 saturated heterocycles. The Morgan fingerprint density at radius 3 is 2.04 bits per heavy atom. The first-order valence-corrected chi connectivity index (χ1v) is 6.07. The van der Waals surface area contributed by atoms with E-state index in [1.165, 1.54) is 18.5 Å². The minimum Gasteiger partial charge on any atom is -0.383 e. The number of nitrogen functional groups attached to an aromatic ring is 1. The van der Waals surface area contributed by atoms with Crippen LogP contribution in [0, 0.1) is 0 Å². The SMILES string of the molecule is C.Nc1c2c(C(F)(F)F)nc(C(F)(F)F)nc2nn1-c1ncccn1. The number of halogens is 6. The molecule has 0 aliphatic carbocycles. The largest absolute Gasteiger partial charge is 0.451 e. The zero-order chi connectivity index (χ0) is 17.7. The molecule has 3 aromatic heterocycles. The number of alkyl halides is 6. The van der Waals surface area contributed by atoms with Crippen LogP contribution in [0.3, 0.4) is 0 Å². The zero-order valence-electron chi connectivity index (χ0n) is 11.3. The van der Waals surface area contributed by atoms with E-state index in [2.05, 4.69) is 25.0 Å². The molecule has 0 aliphatic heterocycles. The van der Waals surface area contributed by atoms with Crippen LogP contribution in [-0.4, -0.2) is 29.7 Å². The Balaban J connectivity index is 0.00000225. The van der Waals surface area contributed by atoms with Crippen LogP contribution in [0.4, 0.5) is 32.2 Å². The van der Waals surface area contributed by atoms with E-state index in [9.17, 15) is 26.3 Å². The fourth-order valence-corrected chi connectivity index (χ4v) is 1.90. The molecule has 0 spiro atoms. The van der Waals surface area contributed by atoms with E-state index in [-0.39, 0.29) is 13.4 Å². The fraction of sp³-hybridized carbons (Fsp3) is 0.250. The van der Waals surface area contributed by atoms with Crippen molar-refractivity contribution < 1.29 is 26.3 Å². The van der Waals surface area contributed by atoms with Crippen molar-refractivity contribution in [2.45, 2.75) is 19.8 Å². The average molecular weight is 365 g/mol. The molecule has 3 heterocycles. The molecule has 0 bridgehead atoms. The molecule has 7 nitrogen and oxygen atoms in total. The molecule has 13 heteroatoms. The van der Waals surface area contributed by atoms with Crippen LogP contribution in [0.15, 0.2) is 18.5 Å². The Labute approximate surface area is 135 Å². The molecule has 134 valence electrons. The van der Waals surface area contributed by atoms with Gasteiger partial charge in [0.15, 0.2) is 11.3 Å². The van der Waals surface area contributed by atoms with Crippen LogP contribution >= 0.6 is 0 Å². The number of nitrogens with two attached hydrogens (primary N) is 1. The van der Waals surface area contributed by atoms with Crippen LogP contribution in [-0.2, 0) is 12.4 Å². The second-order valence-electron chi connectivity index (χ2n) is 4.44. The van der Waals surface area contributed by atoms with E-state index in [0.717, 1.165) is 0 Å². The van der Waals surface area contributed by atoms with Gasteiger partial charge in [0.05, 0.1) is 5.39 Å². The Hall–Kier alpha value is -2.99. The Morgan fingerprint density at radius 2 is 1.52 bits per heavy atom. The molecule has 0 amide bonds. The van der Waals surface area contributed by atoms with Crippen molar-refractivity contribution in [1.29, 1.82) is 0 Å². The molecule has 0 aromatic carbocycles. The van der Waals surface area contributed by atoms with Gasteiger partial charge in [-0.2, -0.15) is 31.0 Å². The van der Waals surface area contributed by atoms with E-state index >= 15 is 0 Å². The summed E-state index contributed by atoms with van der Waals surface area (Å²) in [6, 6.07) is 1.42. The Kier molecular flexibility index (Phi) is 4.27. The highest BCUT2D eigenvalue weighted by molar-refractivity contribution is 5.89. The molecule has 0 atom stereocenters. The molecule has 2 N–H and O–H groups in total. The highest BCUT2D eigenvalue weighted by Crippen LogP contribution is 2.38. The normalized spacial score (nSPS) is 12.2. The molecular formula is C12H9F6N7. The van der Waals surface area contributed by atoms with Crippen molar-refractivity contribution in [1.82, 2.24) is 29.7 Å². The number of nitrogens with zero attached hydrogens (tertiary/aromatic N) is 6. The lowest BCUT2D eigenvalue weighted by Gasteiger charge is -2.10. The van der Waals surface area contributed by atoms with E-state index in [1.54, 1.807) is 0 Å². The van der Waals surface area contributed by atoms with Gasteiger partial charge in [-0.15, -0.1) is 5.10 Å². The van der Waals surface area contributed by atoms with E-state index < -0.39 is 40.7 Å². The molecular weight excluding hydrogens is 356 g/mol. The van der Waals surface area contributed by atoms with Crippen molar-refractivity contribution in [3.05, 3.63) is 30.0 Å². The van der Waals surface area contributed by atoms with Crippen molar-refractivity contribution >= 4 is 16.9 Å². The molecule has 0 fully saturated rings. The topological polar surface area (TPSA) is 95.4 Å². The summed E-state index contributed by atoms with van der Waals surface area (Å²) in [5, 5.41) is 2.69. The molecule has 3 aromatic rings. The minimum atomic E-state index is -5.19. The van der Waals surface area contributed by atoms with Gasteiger partial charge in [-0.05, 0) is 6.07 Å². The predicted octanol–water partition coefficient (Wildman–Crippen LogP) is 2.86. The van der Waals surface area contributed by atoms with Crippen molar-refractivity contribution in [3.8, 4) is 5.95 Å². The number of hydrogen-bond acceptors (Lipinski definition) is 6. The molecule has 25 heavy (non-hydrogen) atoms. The first-order chi connectivity index (χ1) is 11.1. The third kappa shape index (κ3) is 3.16. The van der Waals surface area contributed by atoms with Gasteiger partial charge in [0, 0.05) is 12.4 Å². The minimum absolute atomic E-state index is 0. The molecule has 0 aliphatic rings. The van der Waals surface area contributed by atoms with Gasteiger partial charge in [0.1, 0.15) is 5.82 Å². The highest BCUT2D eigenvalue weighted by atomic mass is 19.4. The molecule has 0 radical (unpaired) electrons. The Morgan fingerprint density at radius 1 is 0.920 bits per heavy atom. The first-order valence-electron chi connectivity index (χ1n) is 6.07. The maximum atomic E-state index is 13.1. The summed E-state index contributed by atoms with van der Waals surface area (Å²) in [6.07, 6.45) is -7.87. The lowest BCUT2D eigenvalue weighted by molar-refractivity contribution is -0.151. The summed E-state index contributed by atoms with van der Waals surface area (Å²) in [4.78, 5) is 13.1. The fourth-order valence-electron chi connectivity index (χ4n) is 1.90. The smallest absolute Gasteiger partial charge is 0.383 e. The number of hydrogen-bond donors (Lipinski definition) is 1. The lowest BCUT2D eigenvalue weighted by atomic mass is 10.2. The number of rotatable bonds is 1. The summed E-state index contributed by atoms with van der Waals surface area (Å²) in [5.41, 5.74) is 2.89. The summed E-state index contributed by atoms with van der Waals surface area (Å²) in [5.74, 6) is -2.83. The van der Waals surface area contributed by atoms with Crippen LogP contribution in [0.25, 0.3) is 17.0 Å². The van der Waals surface area contributed by atoms with Gasteiger partial charge in [-0.3, -0.25) is 0 Å². The van der Waals surface area contributed by atoms with Gasteiger partial charge in [0.25, 0.3) is 5.95 Å². The predicted molar refractivity (Wildman–Crippen MR) is 73.4 cm³/mol. The third-order valence-electron chi connectivity index (χ3n) is 2.83. The maximum absolute atomic E-state index is 13.1. The highest BCUT2D eigenvalue weighted by Gasteiger charge is 2.43. The van der Waals surface area contributed by atoms with Gasteiger partial charge < -0.3 is 5.73 Å². The monoisotopic (exact) mass is 365 g/mol. The second-order valence-corrected chi connectivity index (χ2v) is 4.44. The quantitative estimate of drug-likeness (QED) is 0.667. The third-order valence-corrected chi connectivity index (χ3v) is 2.83. The van der Waals surface area contributed by atoms with Crippen LogP contribution in [0.5, 0.6) is 0 Å². The summed E-state index contributed by atoms with van der Waals surface area (Å²) >= 11 is 0. The summed E-state index contributed by atoms with van der Waals surface area (Å²) in [6.45, 7) is 0. The number of fused-ring (bicyclic) bond motifs is 1. The van der Waals surface area contributed by atoms with E-state index in [1.807, 2.05) is 0 Å². The number of anilines is 1. The first kappa shape index (κ1) is 18.4. The van der Waals surface area contributed by atoms with Crippen molar-refractivity contribution in [2.24, 2.45) is 0 Å². The Bertz CT molecular complexity index is 900. The van der Waals surface area contributed by atoms with Crippen LogP contribution in [0.1, 0.15) is 18.9 Å². The second kappa shape index (κ2) is 5.82.